The molecule has 0 aliphatic rings. The zero-order chi connectivity index (χ0) is 15.3. The molecule has 1 N–H and O–H groups in total. The molecular formula is C19H35NO. The minimum atomic E-state index is 0.481. The van der Waals surface area contributed by atoms with Gasteiger partial charge in [-0.25, -0.2) is 0 Å². The summed E-state index contributed by atoms with van der Waals surface area (Å²) >= 11 is 0. The van der Waals surface area contributed by atoms with E-state index in [1.165, 1.54) is 63.4 Å². The van der Waals surface area contributed by atoms with Crippen LogP contribution >= 0.6 is 0 Å². The predicted octanol–water partition coefficient (Wildman–Crippen LogP) is 6.02. The van der Waals surface area contributed by atoms with Gasteiger partial charge in [-0.15, -0.1) is 0 Å². The van der Waals surface area contributed by atoms with Crippen LogP contribution in [0.25, 0.3) is 0 Å². The average Bonchev–Trinajstić information content (AvgIpc) is 2.97. The smallest absolute Gasteiger partial charge is 0.108 e. The molecule has 1 rings (SSSR count). The van der Waals surface area contributed by atoms with Crippen molar-refractivity contribution in [3.63, 3.8) is 0 Å². The normalized spacial score (nSPS) is 12.7. The molecule has 0 saturated heterocycles. The summed E-state index contributed by atoms with van der Waals surface area (Å²) in [5.74, 6) is 1.16. The molecule has 122 valence electrons. The van der Waals surface area contributed by atoms with Crippen LogP contribution in [0.3, 0.4) is 0 Å². The molecule has 0 spiro atoms. The Balaban J connectivity index is 2.33. The van der Waals surface area contributed by atoms with Gasteiger partial charge < -0.3 is 9.73 Å². The summed E-state index contributed by atoms with van der Waals surface area (Å²) in [7, 11) is 0. The summed E-state index contributed by atoms with van der Waals surface area (Å²) < 4.78 is 5.61. The molecule has 0 bridgehead atoms. The maximum Gasteiger partial charge on any atom is 0.108 e. The highest BCUT2D eigenvalue weighted by Gasteiger charge is 2.15. The molecule has 1 aromatic rings. The molecule has 2 nitrogen and oxygen atoms in total. The molecule has 1 unspecified atom stereocenters. The summed E-state index contributed by atoms with van der Waals surface area (Å²) in [5, 5.41) is 3.70. The second-order valence-electron chi connectivity index (χ2n) is 6.07. The lowest BCUT2D eigenvalue weighted by Crippen LogP contribution is -2.22. The van der Waals surface area contributed by atoms with Crippen LogP contribution in [-0.4, -0.2) is 6.54 Å². The quantitative estimate of drug-likeness (QED) is 0.450. The molecule has 0 aliphatic heterocycles. The Labute approximate surface area is 131 Å². The van der Waals surface area contributed by atoms with Crippen molar-refractivity contribution in [2.75, 3.05) is 6.54 Å². The van der Waals surface area contributed by atoms with Crippen molar-refractivity contribution < 1.29 is 4.42 Å². The third-order valence-corrected chi connectivity index (χ3v) is 4.21. The van der Waals surface area contributed by atoms with Crippen LogP contribution < -0.4 is 5.32 Å². The Hall–Kier alpha value is -0.760. The monoisotopic (exact) mass is 293 g/mol. The van der Waals surface area contributed by atoms with Crippen molar-refractivity contribution >= 4 is 0 Å². The van der Waals surface area contributed by atoms with Gasteiger partial charge in [-0.2, -0.15) is 0 Å². The van der Waals surface area contributed by atoms with Gasteiger partial charge in [-0.3, -0.25) is 0 Å². The molecule has 0 saturated carbocycles. The van der Waals surface area contributed by atoms with E-state index in [0.29, 0.717) is 6.04 Å². The van der Waals surface area contributed by atoms with Crippen molar-refractivity contribution in [3.05, 3.63) is 23.7 Å². The second-order valence-corrected chi connectivity index (χ2v) is 6.07. The molecule has 1 heterocycles. The highest BCUT2D eigenvalue weighted by Crippen LogP contribution is 2.25. The van der Waals surface area contributed by atoms with Gasteiger partial charge >= 0.3 is 0 Å². The van der Waals surface area contributed by atoms with Gasteiger partial charge in [0.15, 0.2) is 0 Å². The maximum absolute atomic E-state index is 5.61. The first-order valence-corrected chi connectivity index (χ1v) is 9.13. The molecular weight excluding hydrogens is 258 g/mol. The second kappa shape index (κ2) is 11.9. The Morgan fingerprint density at radius 1 is 0.952 bits per heavy atom. The van der Waals surface area contributed by atoms with Crippen LogP contribution in [-0.2, 0) is 6.42 Å². The van der Waals surface area contributed by atoms with E-state index in [9.17, 15) is 0 Å². The lowest BCUT2D eigenvalue weighted by atomic mass is 9.99. The lowest BCUT2D eigenvalue weighted by Gasteiger charge is -2.18. The van der Waals surface area contributed by atoms with Crippen molar-refractivity contribution in [3.8, 4) is 0 Å². The predicted molar refractivity (Wildman–Crippen MR) is 91.7 cm³/mol. The largest absolute Gasteiger partial charge is 0.469 e. The van der Waals surface area contributed by atoms with Gasteiger partial charge in [0.05, 0.1) is 6.26 Å². The minimum absolute atomic E-state index is 0.481. The fourth-order valence-corrected chi connectivity index (χ4v) is 2.94. The highest BCUT2D eigenvalue weighted by atomic mass is 16.3. The first kappa shape index (κ1) is 18.3. The summed E-state index contributed by atoms with van der Waals surface area (Å²) in [6.07, 6.45) is 14.9. The van der Waals surface area contributed by atoms with E-state index in [4.69, 9.17) is 4.42 Å². The van der Waals surface area contributed by atoms with Crippen LogP contribution in [0.2, 0.25) is 0 Å². The Kier molecular flexibility index (Phi) is 10.3. The van der Waals surface area contributed by atoms with E-state index in [0.717, 1.165) is 18.7 Å². The van der Waals surface area contributed by atoms with Crippen LogP contribution in [0.4, 0.5) is 0 Å². The molecule has 0 aromatic carbocycles. The van der Waals surface area contributed by atoms with Gasteiger partial charge in [0.25, 0.3) is 0 Å². The van der Waals surface area contributed by atoms with E-state index in [1.54, 1.807) is 0 Å². The van der Waals surface area contributed by atoms with Crippen molar-refractivity contribution in [2.45, 2.75) is 91.0 Å². The first-order valence-electron chi connectivity index (χ1n) is 9.13. The van der Waals surface area contributed by atoms with Gasteiger partial charge in [-0.1, -0.05) is 65.7 Å². The summed E-state index contributed by atoms with van der Waals surface area (Å²) in [4.78, 5) is 0. The van der Waals surface area contributed by atoms with Crippen LogP contribution in [0.15, 0.2) is 16.7 Å². The van der Waals surface area contributed by atoms with Crippen LogP contribution in [0.1, 0.15) is 95.9 Å². The van der Waals surface area contributed by atoms with Crippen molar-refractivity contribution in [1.82, 2.24) is 5.32 Å². The lowest BCUT2D eigenvalue weighted by molar-refractivity contribution is 0.447. The zero-order valence-corrected chi connectivity index (χ0v) is 14.4. The summed E-state index contributed by atoms with van der Waals surface area (Å²) in [6, 6.07) is 2.64. The average molecular weight is 293 g/mol. The number of unbranched alkanes of at least 4 members (excludes halogenated alkanes) is 6. The number of nitrogens with one attached hydrogen (secondary N) is 1. The third kappa shape index (κ3) is 7.17. The Morgan fingerprint density at radius 3 is 2.33 bits per heavy atom. The van der Waals surface area contributed by atoms with Crippen molar-refractivity contribution in [1.29, 1.82) is 0 Å². The van der Waals surface area contributed by atoms with Crippen molar-refractivity contribution in [2.24, 2.45) is 0 Å². The van der Waals surface area contributed by atoms with Gasteiger partial charge in [0.2, 0.25) is 0 Å². The van der Waals surface area contributed by atoms with Crippen LogP contribution in [0.5, 0.6) is 0 Å². The maximum atomic E-state index is 5.61. The Bertz CT molecular complexity index is 345. The summed E-state index contributed by atoms with van der Waals surface area (Å²) in [6.45, 7) is 7.77. The number of hydrogen-bond donors (Lipinski definition) is 1. The highest BCUT2D eigenvalue weighted by molar-refractivity contribution is 5.21. The summed E-state index contributed by atoms with van der Waals surface area (Å²) in [5.41, 5.74) is 1.39. The molecule has 21 heavy (non-hydrogen) atoms. The fraction of sp³-hybridized carbons (Fsp3) is 0.789. The minimum Gasteiger partial charge on any atom is -0.469 e. The van der Waals surface area contributed by atoms with Crippen LogP contribution in [0, 0.1) is 0 Å². The standard InChI is InChI=1S/C19H35NO/c1-4-7-8-9-10-11-12-13-18(20-15-5-2)17-14-16-21-19(17)6-3/h14,16,18,20H,4-13,15H2,1-3H3. The van der Waals surface area contributed by atoms with E-state index in [-0.39, 0.29) is 0 Å². The van der Waals surface area contributed by atoms with Gasteiger partial charge in [-0.05, 0) is 25.5 Å². The topological polar surface area (TPSA) is 25.2 Å². The molecule has 0 fully saturated rings. The number of aryl methyl sites for hydroxylation is 1. The molecule has 0 radical (unpaired) electrons. The Morgan fingerprint density at radius 2 is 1.67 bits per heavy atom. The van der Waals surface area contributed by atoms with E-state index in [1.807, 2.05) is 6.26 Å². The molecule has 0 amide bonds. The number of hydrogen-bond acceptors (Lipinski definition) is 2. The first-order chi connectivity index (χ1) is 10.3. The third-order valence-electron chi connectivity index (χ3n) is 4.21. The molecule has 2 heteroatoms. The number of furan rings is 1. The molecule has 0 aliphatic carbocycles. The zero-order valence-electron chi connectivity index (χ0n) is 14.4. The van der Waals surface area contributed by atoms with Gasteiger partial charge in [0, 0.05) is 18.0 Å². The molecule has 1 atom stereocenters. The fourth-order valence-electron chi connectivity index (χ4n) is 2.94. The SMILES string of the molecule is CCCCCCCCCC(NCCC)c1ccoc1CC. The van der Waals surface area contributed by atoms with Gasteiger partial charge in [0.1, 0.15) is 5.76 Å². The van der Waals surface area contributed by atoms with E-state index in [2.05, 4.69) is 32.2 Å². The number of rotatable bonds is 13. The molecule has 1 aromatic heterocycles. The van der Waals surface area contributed by atoms with E-state index >= 15 is 0 Å². The van der Waals surface area contributed by atoms with E-state index < -0.39 is 0 Å².